The molecule has 0 spiro atoms. The van der Waals surface area contributed by atoms with E-state index in [1.807, 2.05) is 0 Å². The quantitative estimate of drug-likeness (QED) is 0.831. The number of hydrogen-bond acceptors (Lipinski definition) is 4. The molecule has 2 unspecified atom stereocenters. The van der Waals surface area contributed by atoms with Gasteiger partial charge in [0.1, 0.15) is 0 Å². The van der Waals surface area contributed by atoms with Gasteiger partial charge in [0.25, 0.3) is 10.0 Å². The number of hydrogen-bond donors (Lipinski definition) is 2. The Kier molecular flexibility index (Phi) is 3.89. The zero-order chi connectivity index (χ0) is 18.7. The molecule has 3 N–H and O–H groups in total. The maximum Gasteiger partial charge on any atom is 0.255 e. The van der Waals surface area contributed by atoms with Crippen LogP contribution in [-0.2, 0) is 14.8 Å². The largest absolute Gasteiger partial charge is 0.326 e. The number of alkyl halides is 2. The Bertz CT molecular complexity index is 842. The third-order valence-electron chi connectivity index (χ3n) is 6.33. The highest BCUT2D eigenvalue weighted by molar-refractivity contribution is 7.89. The smallest absolute Gasteiger partial charge is 0.255 e. The van der Waals surface area contributed by atoms with Crippen LogP contribution in [0.15, 0.2) is 23.4 Å². The molecule has 6 nitrogen and oxygen atoms in total. The van der Waals surface area contributed by atoms with Crippen LogP contribution in [0.2, 0.25) is 0 Å². The number of nitrogens with two attached hydrogens (primary N) is 1. The maximum atomic E-state index is 14.0. The number of carbonyl (C=O) groups is 1. The standard InChI is InChI=1S/C17H21F2N3O3S/c18-17(19)3-1-13(16-6-10(7-16)8-16)12(9-17)15(23)22-11-2-4-21-14(5-11)26(20,24)25/h2,4-5,10,12-13H,1,3,6-9H2,(H2,20,24,25)(H,21,22,23). The van der Waals surface area contributed by atoms with Gasteiger partial charge in [0.15, 0.2) is 5.03 Å². The predicted octanol–water partition coefficient (Wildman–Crippen LogP) is 2.52. The first kappa shape index (κ1) is 17.8. The molecule has 0 saturated heterocycles. The van der Waals surface area contributed by atoms with Crippen LogP contribution < -0.4 is 10.5 Å². The van der Waals surface area contributed by atoms with E-state index in [2.05, 4.69) is 10.3 Å². The van der Waals surface area contributed by atoms with Crippen molar-refractivity contribution in [2.24, 2.45) is 28.3 Å². The minimum absolute atomic E-state index is 0.0355. The number of nitrogens with zero attached hydrogens (tertiary/aromatic N) is 1. The van der Waals surface area contributed by atoms with Crippen molar-refractivity contribution < 1.29 is 22.0 Å². The summed E-state index contributed by atoms with van der Waals surface area (Å²) in [7, 11) is -4.01. The van der Waals surface area contributed by atoms with Gasteiger partial charge in [-0.05, 0) is 49.0 Å². The van der Waals surface area contributed by atoms with E-state index in [1.54, 1.807) is 0 Å². The average Bonchev–Trinajstić information content (AvgIpc) is 2.45. The van der Waals surface area contributed by atoms with E-state index in [1.165, 1.54) is 12.3 Å². The summed E-state index contributed by atoms with van der Waals surface area (Å²) in [5.41, 5.74) is 0.256. The highest BCUT2D eigenvalue weighted by Gasteiger charge is 2.64. The maximum absolute atomic E-state index is 14.0. The summed E-state index contributed by atoms with van der Waals surface area (Å²) in [4.78, 5) is 16.4. The van der Waals surface area contributed by atoms with Gasteiger partial charge in [-0.2, -0.15) is 0 Å². The van der Waals surface area contributed by atoms with Crippen molar-refractivity contribution in [3.05, 3.63) is 18.3 Å². The monoisotopic (exact) mass is 385 g/mol. The van der Waals surface area contributed by atoms with Crippen LogP contribution in [0.3, 0.4) is 0 Å². The molecule has 4 aliphatic rings. The summed E-state index contributed by atoms with van der Waals surface area (Å²) in [6.07, 6.45) is 4.06. The molecule has 4 saturated carbocycles. The van der Waals surface area contributed by atoms with E-state index in [0.717, 1.165) is 25.3 Å². The third-order valence-corrected chi connectivity index (χ3v) is 7.13. The molecule has 5 rings (SSSR count). The summed E-state index contributed by atoms with van der Waals surface area (Å²) in [5, 5.41) is 7.27. The number of primary sulfonamides is 1. The lowest BCUT2D eigenvalue weighted by Crippen LogP contribution is -2.60. The second-order valence-electron chi connectivity index (χ2n) is 8.07. The highest BCUT2D eigenvalue weighted by atomic mass is 32.2. The average molecular weight is 385 g/mol. The van der Waals surface area contributed by atoms with Crippen LogP contribution in [0.25, 0.3) is 0 Å². The fourth-order valence-corrected chi connectivity index (χ4v) is 5.52. The van der Waals surface area contributed by atoms with Gasteiger partial charge in [0, 0.05) is 36.7 Å². The number of aromatic nitrogens is 1. The molecule has 0 aromatic carbocycles. The number of rotatable bonds is 4. The van der Waals surface area contributed by atoms with Crippen LogP contribution in [0, 0.1) is 23.2 Å². The molecule has 2 bridgehead atoms. The first-order valence-corrected chi connectivity index (χ1v) is 10.3. The second kappa shape index (κ2) is 5.69. The fourth-order valence-electron chi connectivity index (χ4n) is 5.02. The van der Waals surface area contributed by atoms with E-state index in [-0.39, 0.29) is 28.5 Å². The molecule has 1 amide bonds. The van der Waals surface area contributed by atoms with E-state index in [4.69, 9.17) is 5.14 Å². The first-order valence-electron chi connectivity index (χ1n) is 8.76. The predicted molar refractivity (Wildman–Crippen MR) is 89.8 cm³/mol. The van der Waals surface area contributed by atoms with Gasteiger partial charge in [-0.25, -0.2) is 27.3 Å². The van der Waals surface area contributed by atoms with Crippen molar-refractivity contribution in [2.45, 2.75) is 49.5 Å². The Labute approximate surface area is 150 Å². The van der Waals surface area contributed by atoms with Gasteiger partial charge < -0.3 is 5.32 Å². The molecule has 4 aliphatic carbocycles. The van der Waals surface area contributed by atoms with Gasteiger partial charge in [0.2, 0.25) is 11.8 Å². The Hall–Kier alpha value is -1.61. The molecule has 26 heavy (non-hydrogen) atoms. The number of anilines is 1. The minimum atomic E-state index is -4.01. The van der Waals surface area contributed by atoms with E-state index in [0.29, 0.717) is 12.3 Å². The lowest BCUT2D eigenvalue weighted by molar-refractivity contribution is -0.197. The Morgan fingerprint density at radius 3 is 2.54 bits per heavy atom. The third kappa shape index (κ3) is 3.00. The normalized spacial score (nSPS) is 35.1. The van der Waals surface area contributed by atoms with Gasteiger partial charge in [0.05, 0.1) is 0 Å². The van der Waals surface area contributed by atoms with Crippen molar-refractivity contribution in [1.29, 1.82) is 0 Å². The van der Waals surface area contributed by atoms with Gasteiger partial charge in [-0.1, -0.05) is 0 Å². The number of sulfonamides is 1. The Morgan fingerprint density at radius 2 is 1.96 bits per heavy atom. The van der Waals surface area contributed by atoms with E-state index < -0.39 is 34.2 Å². The molecule has 4 fully saturated rings. The molecule has 1 aromatic heterocycles. The molecule has 9 heteroatoms. The Morgan fingerprint density at radius 1 is 1.27 bits per heavy atom. The van der Waals surface area contributed by atoms with Crippen molar-refractivity contribution in [3.63, 3.8) is 0 Å². The van der Waals surface area contributed by atoms with Crippen molar-refractivity contribution in [3.8, 4) is 0 Å². The van der Waals surface area contributed by atoms with Crippen LogP contribution in [-0.4, -0.2) is 25.2 Å². The first-order chi connectivity index (χ1) is 12.1. The summed E-state index contributed by atoms with van der Waals surface area (Å²) in [5.74, 6) is -3.42. The van der Waals surface area contributed by atoms with Gasteiger partial charge >= 0.3 is 0 Å². The Balaban J connectivity index is 1.55. The summed E-state index contributed by atoms with van der Waals surface area (Å²) in [6.45, 7) is 0. The fraction of sp³-hybridized carbons (Fsp3) is 0.647. The molecule has 1 aromatic rings. The minimum Gasteiger partial charge on any atom is -0.326 e. The number of halogens is 2. The van der Waals surface area contributed by atoms with E-state index >= 15 is 0 Å². The molecule has 1 heterocycles. The van der Waals surface area contributed by atoms with E-state index in [9.17, 15) is 22.0 Å². The molecular weight excluding hydrogens is 364 g/mol. The number of pyridine rings is 1. The van der Waals surface area contributed by atoms with Crippen LogP contribution in [0.4, 0.5) is 14.5 Å². The molecule has 0 aliphatic heterocycles. The van der Waals surface area contributed by atoms with Crippen LogP contribution in [0.5, 0.6) is 0 Å². The summed E-state index contributed by atoms with van der Waals surface area (Å²) >= 11 is 0. The topological polar surface area (TPSA) is 102 Å². The lowest BCUT2D eigenvalue weighted by atomic mass is 9.37. The number of nitrogens with one attached hydrogen (secondary N) is 1. The van der Waals surface area contributed by atoms with Crippen molar-refractivity contribution in [1.82, 2.24) is 4.98 Å². The van der Waals surface area contributed by atoms with Crippen LogP contribution >= 0.6 is 0 Å². The SMILES string of the molecule is NS(=O)(=O)c1cc(NC(=O)C2CC(F)(F)CCC2C23CC(C2)C3)ccn1. The molecular formula is C17H21F2N3O3S. The van der Waals surface area contributed by atoms with Crippen molar-refractivity contribution in [2.75, 3.05) is 5.32 Å². The number of amides is 1. The molecule has 2 atom stereocenters. The second-order valence-corrected chi connectivity index (χ2v) is 9.58. The van der Waals surface area contributed by atoms with Crippen LogP contribution in [0.1, 0.15) is 38.5 Å². The van der Waals surface area contributed by atoms with Gasteiger partial charge in [-0.3, -0.25) is 4.79 Å². The van der Waals surface area contributed by atoms with Crippen molar-refractivity contribution >= 4 is 21.6 Å². The molecule has 0 radical (unpaired) electrons. The highest BCUT2D eigenvalue weighted by Crippen LogP contribution is 2.71. The zero-order valence-corrected chi connectivity index (χ0v) is 14.9. The van der Waals surface area contributed by atoms with Gasteiger partial charge in [-0.15, -0.1) is 0 Å². The lowest BCUT2D eigenvalue weighted by Gasteiger charge is -2.67. The number of carbonyl (C=O) groups excluding carboxylic acids is 1. The summed E-state index contributed by atoms with van der Waals surface area (Å²) in [6, 6.07) is 2.56. The molecule has 142 valence electrons. The zero-order valence-electron chi connectivity index (χ0n) is 14.1. The summed E-state index contributed by atoms with van der Waals surface area (Å²) < 4.78 is 50.8.